The fourth-order valence-electron chi connectivity index (χ4n) is 5.02. The predicted octanol–water partition coefficient (Wildman–Crippen LogP) is 4.77. The summed E-state index contributed by atoms with van der Waals surface area (Å²) in [5, 5.41) is 8.01. The Hall–Kier alpha value is -1.92. The van der Waals surface area contributed by atoms with Crippen LogP contribution in [-0.2, 0) is 10.2 Å². The SMILES string of the molecule is CC(C)(C)c1cc2n(n1)[C@@H](C(F)F)C[C@@H](C1CCN(C(=O)C[C@H]3C=CCC3)CC1)N2. The smallest absolute Gasteiger partial charge is 0.260 e. The first-order valence-electron chi connectivity index (χ1n) is 11.3. The zero-order chi connectivity index (χ0) is 21.5. The molecule has 1 amide bonds. The Morgan fingerprint density at radius 2 is 2.00 bits per heavy atom. The number of rotatable bonds is 4. The molecule has 3 heterocycles. The van der Waals surface area contributed by atoms with Gasteiger partial charge in [0.2, 0.25) is 5.91 Å². The lowest BCUT2D eigenvalue weighted by Crippen LogP contribution is -2.46. The van der Waals surface area contributed by atoms with Crippen LogP contribution in [0.15, 0.2) is 18.2 Å². The number of alkyl halides is 2. The molecule has 1 fully saturated rings. The average molecular weight is 421 g/mol. The molecule has 2 aliphatic heterocycles. The molecular formula is C23H34F2N4O. The Labute approximate surface area is 177 Å². The third-order valence-electron chi connectivity index (χ3n) is 6.95. The lowest BCUT2D eigenvalue weighted by molar-refractivity contribution is -0.133. The molecule has 0 saturated carbocycles. The molecule has 1 N–H and O–H groups in total. The van der Waals surface area contributed by atoms with Crippen molar-refractivity contribution in [1.82, 2.24) is 14.7 Å². The van der Waals surface area contributed by atoms with Crippen molar-refractivity contribution >= 4 is 11.7 Å². The normalized spacial score (nSPS) is 27.4. The summed E-state index contributed by atoms with van der Waals surface area (Å²) >= 11 is 0. The van der Waals surface area contributed by atoms with E-state index in [-0.39, 0.29) is 17.4 Å². The molecule has 1 aromatic rings. The van der Waals surface area contributed by atoms with Gasteiger partial charge >= 0.3 is 0 Å². The highest BCUT2D eigenvalue weighted by Crippen LogP contribution is 2.38. The van der Waals surface area contributed by atoms with Crippen molar-refractivity contribution in [3.05, 3.63) is 23.9 Å². The minimum Gasteiger partial charge on any atom is -0.367 e. The molecular weight excluding hydrogens is 386 g/mol. The highest BCUT2D eigenvalue weighted by atomic mass is 19.3. The van der Waals surface area contributed by atoms with Crippen LogP contribution in [0.4, 0.5) is 14.6 Å². The molecule has 0 radical (unpaired) electrons. The van der Waals surface area contributed by atoms with E-state index in [1.807, 2.05) is 31.7 Å². The molecule has 1 aromatic heterocycles. The molecule has 30 heavy (non-hydrogen) atoms. The Balaban J connectivity index is 1.40. The minimum atomic E-state index is -2.44. The standard InChI is InChI=1S/C23H34F2N4O/c1-23(2,3)19-14-20-26-17(13-18(22(24)25)29(20)27-19)16-8-10-28(11-9-16)21(30)12-15-6-4-5-7-15/h4,6,14-18,22,26H,5,7-13H2,1-3H3/t15-,17-,18+/m0/s1. The van der Waals surface area contributed by atoms with Crippen LogP contribution in [0.2, 0.25) is 0 Å². The second-order valence-corrected chi connectivity index (χ2v) is 10.2. The summed E-state index contributed by atoms with van der Waals surface area (Å²) in [6, 6.07) is 1.03. The van der Waals surface area contributed by atoms with Gasteiger partial charge in [-0.2, -0.15) is 5.10 Å². The van der Waals surface area contributed by atoms with Crippen LogP contribution in [-0.4, -0.2) is 46.1 Å². The fourth-order valence-corrected chi connectivity index (χ4v) is 5.02. The van der Waals surface area contributed by atoms with Gasteiger partial charge in [-0.25, -0.2) is 13.5 Å². The van der Waals surface area contributed by atoms with Crippen LogP contribution < -0.4 is 5.32 Å². The number of carbonyl (C=O) groups excluding carboxylic acids is 1. The number of nitrogens with one attached hydrogen (secondary N) is 1. The van der Waals surface area contributed by atoms with Crippen molar-refractivity contribution in [3.63, 3.8) is 0 Å². The topological polar surface area (TPSA) is 50.2 Å². The van der Waals surface area contributed by atoms with Gasteiger partial charge in [-0.1, -0.05) is 32.9 Å². The summed E-state index contributed by atoms with van der Waals surface area (Å²) in [4.78, 5) is 14.6. The number of hydrogen-bond acceptors (Lipinski definition) is 3. The van der Waals surface area contributed by atoms with E-state index in [1.54, 1.807) is 0 Å². The minimum absolute atomic E-state index is 0.00367. The number of carbonyl (C=O) groups is 1. The van der Waals surface area contributed by atoms with E-state index in [4.69, 9.17) is 0 Å². The molecule has 0 bridgehead atoms. The molecule has 166 valence electrons. The summed E-state index contributed by atoms with van der Waals surface area (Å²) < 4.78 is 29.2. The van der Waals surface area contributed by atoms with E-state index in [2.05, 4.69) is 22.6 Å². The Bertz CT molecular complexity index is 790. The number of likely N-dealkylation sites (tertiary alicyclic amines) is 1. The number of hydrogen-bond donors (Lipinski definition) is 1. The van der Waals surface area contributed by atoms with E-state index in [0.29, 0.717) is 30.5 Å². The van der Waals surface area contributed by atoms with Crippen molar-refractivity contribution in [2.45, 2.75) is 83.2 Å². The lowest BCUT2D eigenvalue weighted by atomic mass is 9.84. The highest BCUT2D eigenvalue weighted by molar-refractivity contribution is 5.76. The first kappa shape index (κ1) is 21.3. The Kier molecular flexibility index (Phi) is 5.90. The molecule has 1 saturated heterocycles. The van der Waals surface area contributed by atoms with Crippen molar-refractivity contribution in [2.24, 2.45) is 11.8 Å². The van der Waals surface area contributed by atoms with Gasteiger partial charge in [0.25, 0.3) is 6.43 Å². The maximum Gasteiger partial charge on any atom is 0.260 e. The quantitative estimate of drug-likeness (QED) is 0.714. The largest absolute Gasteiger partial charge is 0.367 e. The number of halogens is 2. The van der Waals surface area contributed by atoms with Crippen molar-refractivity contribution < 1.29 is 13.6 Å². The summed E-state index contributed by atoms with van der Waals surface area (Å²) in [5.41, 5.74) is 0.645. The Morgan fingerprint density at radius 1 is 1.27 bits per heavy atom. The van der Waals surface area contributed by atoms with Gasteiger partial charge in [0, 0.05) is 37.0 Å². The zero-order valence-corrected chi connectivity index (χ0v) is 18.3. The lowest BCUT2D eigenvalue weighted by Gasteiger charge is -2.40. The number of nitrogens with zero attached hydrogens (tertiary/aromatic N) is 3. The molecule has 7 heteroatoms. The molecule has 3 aliphatic rings. The molecule has 0 aromatic carbocycles. The summed E-state index contributed by atoms with van der Waals surface area (Å²) in [6.45, 7) is 7.59. The van der Waals surface area contributed by atoms with Gasteiger partial charge in [-0.05, 0) is 43.9 Å². The van der Waals surface area contributed by atoms with E-state index in [0.717, 1.165) is 44.5 Å². The second kappa shape index (κ2) is 8.31. The molecule has 1 aliphatic carbocycles. The Morgan fingerprint density at radius 3 is 2.60 bits per heavy atom. The third-order valence-corrected chi connectivity index (χ3v) is 6.95. The van der Waals surface area contributed by atoms with Crippen LogP contribution in [0.1, 0.15) is 71.0 Å². The van der Waals surface area contributed by atoms with Gasteiger partial charge in [0.1, 0.15) is 11.9 Å². The number of allylic oxidation sites excluding steroid dienone is 2. The number of fused-ring (bicyclic) bond motifs is 1. The first-order valence-corrected chi connectivity index (χ1v) is 11.3. The molecule has 0 unspecified atom stereocenters. The maximum atomic E-state index is 13.9. The van der Waals surface area contributed by atoms with Crippen LogP contribution in [0.25, 0.3) is 0 Å². The molecule has 4 rings (SSSR count). The molecule has 5 nitrogen and oxygen atoms in total. The summed E-state index contributed by atoms with van der Waals surface area (Å²) in [5.74, 6) is 1.62. The van der Waals surface area contributed by atoms with Crippen molar-refractivity contribution in [1.29, 1.82) is 0 Å². The van der Waals surface area contributed by atoms with Crippen LogP contribution in [0, 0.1) is 11.8 Å². The van der Waals surface area contributed by atoms with Gasteiger partial charge in [0.05, 0.1) is 5.69 Å². The maximum absolute atomic E-state index is 13.9. The summed E-state index contributed by atoms with van der Waals surface area (Å²) in [6.07, 6.45) is 6.73. The highest BCUT2D eigenvalue weighted by Gasteiger charge is 2.39. The van der Waals surface area contributed by atoms with Crippen LogP contribution in [0.3, 0.4) is 0 Å². The van der Waals surface area contributed by atoms with Gasteiger partial charge in [0.15, 0.2) is 0 Å². The van der Waals surface area contributed by atoms with E-state index >= 15 is 0 Å². The molecule has 0 spiro atoms. The fraction of sp³-hybridized carbons (Fsp3) is 0.739. The second-order valence-electron chi connectivity index (χ2n) is 10.2. The number of anilines is 1. The van der Waals surface area contributed by atoms with Crippen molar-refractivity contribution in [3.8, 4) is 0 Å². The number of amides is 1. The zero-order valence-electron chi connectivity index (χ0n) is 18.3. The average Bonchev–Trinajstić information content (AvgIpc) is 3.36. The predicted molar refractivity (Wildman–Crippen MR) is 114 cm³/mol. The number of aromatic nitrogens is 2. The van der Waals surface area contributed by atoms with Gasteiger partial charge < -0.3 is 10.2 Å². The van der Waals surface area contributed by atoms with E-state index in [9.17, 15) is 13.6 Å². The monoisotopic (exact) mass is 420 g/mol. The summed E-state index contributed by atoms with van der Waals surface area (Å²) in [7, 11) is 0. The number of piperidine rings is 1. The van der Waals surface area contributed by atoms with Crippen molar-refractivity contribution in [2.75, 3.05) is 18.4 Å². The first-order chi connectivity index (χ1) is 14.2. The van der Waals surface area contributed by atoms with E-state index in [1.165, 1.54) is 4.68 Å². The van der Waals surface area contributed by atoms with Gasteiger partial charge in [-0.15, -0.1) is 0 Å². The van der Waals surface area contributed by atoms with Crippen LogP contribution >= 0.6 is 0 Å². The van der Waals surface area contributed by atoms with Gasteiger partial charge in [-0.3, -0.25) is 4.79 Å². The van der Waals surface area contributed by atoms with Crippen LogP contribution in [0.5, 0.6) is 0 Å². The van der Waals surface area contributed by atoms with E-state index < -0.39 is 12.5 Å². The molecule has 3 atom stereocenters. The third kappa shape index (κ3) is 4.40.